The Kier molecular flexibility index (Phi) is 3.93. The molecule has 0 aliphatic rings. The van der Waals surface area contributed by atoms with E-state index in [1.807, 2.05) is 19.1 Å². The average Bonchev–Trinajstić information content (AvgIpc) is 2.47. The number of benzene rings is 1. The van der Waals surface area contributed by atoms with Crippen molar-refractivity contribution in [3.05, 3.63) is 29.3 Å². The predicted octanol–water partition coefficient (Wildman–Crippen LogP) is 1.09. The molecule has 0 aliphatic carbocycles. The van der Waals surface area contributed by atoms with Crippen molar-refractivity contribution in [2.45, 2.75) is 6.92 Å². The molecule has 0 fully saturated rings. The summed E-state index contributed by atoms with van der Waals surface area (Å²) in [5, 5.41) is 12.1. The van der Waals surface area contributed by atoms with Crippen molar-refractivity contribution in [3.8, 4) is 12.1 Å². The molecular formula is C12H13N7O. The Bertz CT molecular complexity index is 643. The van der Waals surface area contributed by atoms with Crippen LogP contribution in [0.1, 0.15) is 11.1 Å². The van der Waals surface area contributed by atoms with Crippen molar-refractivity contribution in [3.63, 3.8) is 0 Å². The van der Waals surface area contributed by atoms with Gasteiger partial charge in [0.2, 0.25) is 11.9 Å². The number of nitriles is 1. The van der Waals surface area contributed by atoms with Gasteiger partial charge in [0, 0.05) is 0 Å². The first kappa shape index (κ1) is 13.5. The minimum absolute atomic E-state index is 0.113. The van der Waals surface area contributed by atoms with E-state index in [4.69, 9.17) is 10.6 Å². The lowest BCUT2D eigenvalue weighted by Gasteiger charge is -2.10. The molecule has 1 heterocycles. The highest BCUT2D eigenvalue weighted by Crippen LogP contribution is 2.22. The maximum absolute atomic E-state index is 9.18. The van der Waals surface area contributed by atoms with Gasteiger partial charge in [0.25, 0.3) is 0 Å². The summed E-state index contributed by atoms with van der Waals surface area (Å²) in [5.74, 6) is 5.66. The number of aryl methyl sites for hydroxylation is 1. The second kappa shape index (κ2) is 5.81. The number of nitrogen functional groups attached to an aromatic ring is 1. The molecule has 2 rings (SSSR count). The van der Waals surface area contributed by atoms with E-state index >= 15 is 0 Å². The number of anilines is 3. The van der Waals surface area contributed by atoms with E-state index in [9.17, 15) is 5.26 Å². The molecule has 8 nitrogen and oxygen atoms in total. The zero-order chi connectivity index (χ0) is 14.5. The van der Waals surface area contributed by atoms with Gasteiger partial charge in [-0.2, -0.15) is 20.2 Å². The minimum Gasteiger partial charge on any atom is -0.467 e. The zero-order valence-electron chi connectivity index (χ0n) is 11.0. The summed E-state index contributed by atoms with van der Waals surface area (Å²) in [6.45, 7) is 1.85. The molecule has 102 valence electrons. The van der Waals surface area contributed by atoms with Gasteiger partial charge in [-0.15, -0.1) is 0 Å². The Labute approximate surface area is 115 Å². The van der Waals surface area contributed by atoms with Gasteiger partial charge in [0.15, 0.2) is 0 Å². The Morgan fingerprint density at radius 2 is 2.00 bits per heavy atom. The van der Waals surface area contributed by atoms with E-state index < -0.39 is 0 Å². The summed E-state index contributed by atoms with van der Waals surface area (Å²) in [6.07, 6.45) is 0. The number of methoxy groups -OCH3 is 1. The second-order valence-corrected chi connectivity index (χ2v) is 3.85. The Morgan fingerprint density at radius 3 is 2.65 bits per heavy atom. The highest BCUT2D eigenvalue weighted by molar-refractivity contribution is 5.65. The Balaban J connectivity index is 2.40. The normalized spacial score (nSPS) is 9.70. The third kappa shape index (κ3) is 2.73. The van der Waals surface area contributed by atoms with Crippen LogP contribution in [-0.4, -0.2) is 22.1 Å². The molecule has 0 aliphatic heterocycles. The van der Waals surface area contributed by atoms with Gasteiger partial charge in [-0.05, 0) is 18.6 Å². The van der Waals surface area contributed by atoms with Crippen LogP contribution >= 0.6 is 0 Å². The summed E-state index contributed by atoms with van der Waals surface area (Å²) in [4.78, 5) is 12.0. The zero-order valence-corrected chi connectivity index (χ0v) is 11.0. The van der Waals surface area contributed by atoms with Gasteiger partial charge in [-0.25, -0.2) is 5.84 Å². The van der Waals surface area contributed by atoms with Crippen molar-refractivity contribution in [1.82, 2.24) is 15.0 Å². The van der Waals surface area contributed by atoms with Crippen LogP contribution in [0.4, 0.5) is 17.6 Å². The third-order valence-corrected chi connectivity index (χ3v) is 2.56. The standard InChI is InChI=1S/C12H13N7O/c1-7-4-3-5-9(8(7)6-13)15-10-16-11(19-14)18-12(17-10)20-2/h3-5H,14H2,1-2H3,(H2,15,16,17,18,19). The van der Waals surface area contributed by atoms with Crippen LogP contribution in [0.2, 0.25) is 0 Å². The first-order valence-corrected chi connectivity index (χ1v) is 5.71. The second-order valence-electron chi connectivity index (χ2n) is 3.85. The SMILES string of the molecule is COc1nc(NN)nc(Nc2cccc(C)c2C#N)n1. The van der Waals surface area contributed by atoms with Gasteiger partial charge in [0.1, 0.15) is 6.07 Å². The fourth-order valence-electron chi connectivity index (χ4n) is 1.61. The van der Waals surface area contributed by atoms with Crippen molar-refractivity contribution >= 4 is 17.6 Å². The van der Waals surface area contributed by atoms with E-state index in [0.29, 0.717) is 11.3 Å². The van der Waals surface area contributed by atoms with Gasteiger partial charge in [0.05, 0.1) is 18.4 Å². The number of nitrogens with two attached hydrogens (primary N) is 1. The molecule has 0 atom stereocenters. The van der Waals surface area contributed by atoms with Gasteiger partial charge < -0.3 is 10.1 Å². The lowest BCUT2D eigenvalue weighted by Crippen LogP contribution is -2.13. The Hall–Kier alpha value is -2.92. The number of nitrogens with zero attached hydrogens (tertiary/aromatic N) is 4. The molecule has 0 radical (unpaired) electrons. The lowest BCUT2D eigenvalue weighted by atomic mass is 10.1. The number of hydrogen-bond donors (Lipinski definition) is 3. The molecule has 0 spiro atoms. The van der Waals surface area contributed by atoms with Crippen LogP contribution in [0.5, 0.6) is 6.01 Å². The first-order valence-electron chi connectivity index (χ1n) is 5.71. The molecule has 8 heteroatoms. The lowest BCUT2D eigenvalue weighted by molar-refractivity contribution is 0.379. The number of nitrogens with one attached hydrogen (secondary N) is 2. The maximum Gasteiger partial charge on any atom is 0.322 e. The highest BCUT2D eigenvalue weighted by Gasteiger charge is 2.09. The third-order valence-electron chi connectivity index (χ3n) is 2.56. The smallest absolute Gasteiger partial charge is 0.322 e. The van der Waals surface area contributed by atoms with Crippen molar-refractivity contribution < 1.29 is 4.74 Å². The predicted molar refractivity (Wildman–Crippen MR) is 73.4 cm³/mol. The summed E-state index contributed by atoms with van der Waals surface area (Å²) in [5.41, 5.74) is 4.30. The monoisotopic (exact) mass is 271 g/mol. The summed E-state index contributed by atoms with van der Waals surface area (Å²) >= 11 is 0. The highest BCUT2D eigenvalue weighted by atomic mass is 16.5. The molecular weight excluding hydrogens is 258 g/mol. The Morgan fingerprint density at radius 1 is 1.25 bits per heavy atom. The number of hydrogen-bond acceptors (Lipinski definition) is 8. The molecule has 2 aromatic rings. The van der Waals surface area contributed by atoms with Crippen molar-refractivity contribution in [2.24, 2.45) is 5.84 Å². The topological polar surface area (TPSA) is 122 Å². The van der Waals surface area contributed by atoms with Crippen LogP contribution in [0.15, 0.2) is 18.2 Å². The largest absolute Gasteiger partial charge is 0.467 e. The van der Waals surface area contributed by atoms with Crippen LogP contribution < -0.4 is 21.3 Å². The van der Waals surface area contributed by atoms with E-state index in [-0.39, 0.29) is 17.9 Å². The molecule has 0 amide bonds. The van der Waals surface area contributed by atoms with Crippen molar-refractivity contribution in [1.29, 1.82) is 5.26 Å². The molecule has 0 bridgehead atoms. The molecule has 0 unspecified atom stereocenters. The van der Waals surface area contributed by atoms with Crippen molar-refractivity contribution in [2.75, 3.05) is 17.9 Å². The van der Waals surface area contributed by atoms with Gasteiger partial charge in [-0.3, -0.25) is 5.43 Å². The summed E-state index contributed by atoms with van der Waals surface area (Å²) < 4.78 is 4.95. The molecule has 1 aromatic carbocycles. The molecule has 4 N–H and O–H groups in total. The molecule has 20 heavy (non-hydrogen) atoms. The van der Waals surface area contributed by atoms with Gasteiger partial charge in [-0.1, -0.05) is 12.1 Å². The first-order chi connectivity index (χ1) is 9.67. The van der Waals surface area contributed by atoms with Crippen LogP contribution in [0.25, 0.3) is 0 Å². The molecule has 0 saturated carbocycles. The van der Waals surface area contributed by atoms with Gasteiger partial charge >= 0.3 is 6.01 Å². The fraction of sp³-hybridized carbons (Fsp3) is 0.167. The molecule has 0 saturated heterocycles. The summed E-state index contributed by atoms with van der Waals surface area (Å²) in [7, 11) is 1.44. The summed E-state index contributed by atoms with van der Waals surface area (Å²) in [6, 6.07) is 7.69. The molecule has 1 aromatic heterocycles. The van der Waals surface area contributed by atoms with E-state index in [1.54, 1.807) is 6.07 Å². The average molecular weight is 271 g/mol. The minimum atomic E-state index is 0.113. The van der Waals surface area contributed by atoms with E-state index in [0.717, 1.165) is 5.56 Å². The number of hydrazine groups is 1. The number of aromatic nitrogens is 3. The fourth-order valence-corrected chi connectivity index (χ4v) is 1.61. The maximum atomic E-state index is 9.18. The number of ether oxygens (including phenoxy) is 1. The van der Waals surface area contributed by atoms with Crippen LogP contribution in [0, 0.1) is 18.3 Å². The van der Waals surface area contributed by atoms with E-state index in [2.05, 4.69) is 31.8 Å². The number of rotatable bonds is 4. The van der Waals surface area contributed by atoms with E-state index in [1.165, 1.54) is 7.11 Å². The van der Waals surface area contributed by atoms with Crippen LogP contribution in [-0.2, 0) is 0 Å². The quantitative estimate of drug-likeness (QED) is 0.558. The van der Waals surface area contributed by atoms with Crippen LogP contribution in [0.3, 0.4) is 0 Å².